The zero-order chi connectivity index (χ0) is 18.5. The minimum atomic E-state index is -0.305. The highest BCUT2D eigenvalue weighted by atomic mass is 16.5. The van der Waals surface area contributed by atoms with Crippen LogP contribution in [-0.4, -0.2) is 24.7 Å². The van der Waals surface area contributed by atoms with Gasteiger partial charge in [-0.15, -0.1) is 0 Å². The average molecular weight is 361 g/mol. The van der Waals surface area contributed by atoms with E-state index in [1.54, 1.807) is 0 Å². The van der Waals surface area contributed by atoms with Gasteiger partial charge in [0.15, 0.2) is 0 Å². The first-order valence-electron chi connectivity index (χ1n) is 10.5. The Hall–Kier alpha value is -1.55. The van der Waals surface area contributed by atoms with Crippen molar-refractivity contribution >= 4 is 6.09 Å². The van der Waals surface area contributed by atoms with Crippen LogP contribution in [0.25, 0.3) is 0 Å². The van der Waals surface area contributed by atoms with Gasteiger partial charge >= 0.3 is 6.09 Å². The lowest BCUT2D eigenvalue weighted by Gasteiger charge is -2.36. The molecule has 1 aliphatic carbocycles. The molecule has 0 spiro atoms. The Bertz CT molecular complexity index is 486. The fraction of sp³-hybridized carbons (Fsp3) is 0.682. The molecule has 1 aliphatic rings. The lowest BCUT2D eigenvalue weighted by atomic mass is 9.87. The van der Waals surface area contributed by atoms with E-state index < -0.39 is 0 Å². The molecule has 1 aromatic rings. The van der Waals surface area contributed by atoms with E-state index in [1.807, 2.05) is 30.3 Å². The van der Waals surface area contributed by atoms with Gasteiger partial charge in [0.25, 0.3) is 0 Å². The molecule has 0 atom stereocenters. The second kappa shape index (κ2) is 12.7. The monoisotopic (exact) mass is 360 g/mol. The number of unbranched alkanes of at least 4 members (excludes halogenated alkanes) is 7. The molecule has 0 bridgehead atoms. The number of rotatable bonds is 13. The summed E-state index contributed by atoms with van der Waals surface area (Å²) < 4.78 is 5.26. The summed E-state index contributed by atoms with van der Waals surface area (Å²) in [6.07, 6.45) is 12.6. The van der Waals surface area contributed by atoms with Crippen LogP contribution in [0.1, 0.15) is 76.7 Å². The summed E-state index contributed by atoms with van der Waals surface area (Å²) in [5.41, 5.74) is 1.01. The number of ether oxygens (including phenoxy) is 1. The van der Waals surface area contributed by atoms with Crippen molar-refractivity contribution in [2.24, 2.45) is 0 Å². The second-order valence-corrected chi connectivity index (χ2v) is 7.50. The summed E-state index contributed by atoms with van der Waals surface area (Å²) in [5.74, 6) is 0. The maximum absolute atomic E-state index is 11.8. The summed E-state index contributed by atoms with van der Waals surface area (Å²) in [6.45, 7) is 3.70. The van der Waals surface area contributed by atoms with E-state index >= 15 is 0 Å². The van der Waals surface area contributed by atoms with Gasteiger partial charge in [-0.1, -0.05) is 82.2 Å². The number of hydrogen-bond donors (Lipinski definition) is 2. The van der Waals surface area contributed by atoms with Crippen LogP contribution in [0, 0.1) is 0 Å². The van der Waals surface area contributed by atoms with Crippen LogP contribution < -0.4 is 10.6 Å². The fourth-order valence-electron chi connectivity index (χ4n) is 3.40. The molecule has 0 saturated heterocycles. The standard InChI is InChI=1S/C22H36N2O2/c1-2-3-4-5-6-7-8-12-15-23-20-16-21(17-20)24-22(25)26-18-19-13-10-9-11-14-19/h9-11,13-14,20-21,23H,2-8,12,15-18H2,1H3,(H,24,25). The zero-order valence-electron chi connectivity index (χ0n) is 16.3. The van der Waals surface area contributed by atoms with Crippen LogP contribution in [0.5, 0.6) is 0 Å². The van der Waals surface area contributed by atoms with Crippen LogP contribution >= 0.6 is 0 Å². The molecule has 0 aromatic heterocycles. The topological polar surface area (TPSA) is 50.4 Å². The first-order chi connectivity index (χ1) is 12.8. The minimum Gasteiger partial charge on any atom is -0.445 e. The molecule has 0 radical (unpaired) electrons. The van der Waals surface area contributed by atoms with Gasteiger partial charge in [0.1, 0.15) is 6.61 Å². The molecule has 26 heavy (non-hydrogen) atoms. The molecule has 2 rings (SSSR count). The molecule has 146 valence electrons. The van der Waals surface area contributed by atoms with E-state index in [9.17, 15) is 4.79 Å². The van der Waals surface area contributed by atoms with Crippen molar-refractivity contribution < 1.29 is 9.53 Å². The van der Waals surface area contributed by atoms with Gasteiger partial charge in [0.05, 0.1) is 0 Å². The number of amides is 1. The largest absolute Gasteiger partial charge is 0.445 e. The molecular weight excluding hydrogens is 324 g/mol. The molecule has 1 fully saturated rings. The van der Waals surface area contributed by atoms with Crippen molar-refractivity contribution in [3.63, 3.8) is 0 Å². The highest BCUT2D eigenvalue weighted by Gasteiger charge is 2.29. The van der Waals surface area contributed by atoms with Crippen molar-refractivity contribution in [3.05, 3.63) is 35.9 Å². The third kappa shape index (κ3) is 8.70. The van der Waals surface area contributed by atoms with E-state index in [-0.39, 0.29) is 12.1 Å². The van der Waals surface area contributed by atoms with E-state index in [2.05, 4.69) is 17.6 Å². The summed E-state index contributed by atoms with van der Waals surface area (Å²) in [4.78, 5) is 11.8. The van der Waals surface area contributed by atoms with Crippen LogP contribution in [0.4, 0.5) is 4.79 Å². The number of hydrogen-bond acceptors (Lipinski definition) is 3. The Kier molecular flexibility index (Phi) is 10.2. The highest BCUT2D eigenvalue weighted by molar-refractivity contribution is 5.67. The Morgan fingerprint density at radius 2 is 1.62 bits per heavy atom. The third-order valence-electron chi connectivity index (χ3n) is 5.14. The molecule has 1 aromatic carbocycles. The molecule has 2 N–H and O–H groups in total. The lowest BCUT2D eigenvalue weighted by molar-refractivity contribution is 0.125. The van der Waals surface area contributed by atoms with Crippen molar-refractivity contribution in [2.45, 2.75) is 89.8 Å². The van der Waals surface area contributed by atoms with Crippen LogP contribution in [0.3, 0.4) is 0 Å². The first kappa shape index (κ1) is 20.8. The van der Waals surface area contributed by atoms with Crippen LogP contribution in [0.2, 0.25) is 0 Å². The van der Waals surface area contributed by atoms with E-state index in [0.29, 0.717) is 12.6 Å². The van der Waals surface area contributed by atoms with Crippen molar-refractivity contribution in [2.75, 3.05) is 6.54 Å². The molecule has 1 saturated carbocycles. The lowest BCUT2D eigenvalue weighted by Crippen LogP contribution is -2.52. The van der Waals surface area contributed by atoms with Crippen LogP contribution in [0.15, 0.2) is 30.3 Å². The Balaban J connectivity index is 1.39. The summed E-state index contributed by atoms with van der Waals surface area (Å²) in [6, 6.07) is 10.6. The van der Waals surface area contributed by atoms with Crippen molar-refractivity contribution in [1.29, 1.82) is 0 Å². The van der Waals surface area contributed by atoms with E-state index in [1.165, 1.54) is 51.4 Å². The number of benzene rings is 1. The van der Waals surface area contributed by atoms with Gasteiger partial charge in [-0.3, -0.25) is 0 Å². The van der Waals surface area contributed by atoms with Gasteiger partial charge in [-0.05, 0) is 31.4 Å². The Morgan fingerprint density at radius 1 is 0.962 bits per heavy atom. The highest BCUT2D eigenvalue weighted by Crippen LogP contribution is 2.20. The molecule has 4 nitrogen and oxygen atoms in total. The first-order valence-corrected chi connectivity index (χ1v) is 10.5. The minimum absolute atomic E-state index is 0.259. The zero-order valence-corrected chi connectivity index (χ0v) is 16.3. The maximum Gasteiger partial charge on any atom is 0.407 e. The maximum atomic E-state index is 11.8. The predicted octanol–water partition coefficient (Wildman–Crippen LogP) is 5.17. The summed E-state index contributed by atoms with van der Waals surface area (Å²) >= 11 is 0. The predicted molar refractivity (Wildman–Crippen MR) is 107 cm³/mol. The van der Waals surface area contributed by atoms with Gasteiger partial charge in [-0.2, -0.15) is 0 Å². The third-order valence-corrected chi connectivity index (χ3v) is 5.14. The Labute approximate surface area is 159 Å². The van der Waals surface area contributed by atoms with Gasteiger partial charge in [0.2, 0.25) is 0 Å². The van der Waals surface area contributed by atoms with Gasteiger partial charge in [-0.25, -0.2) is 4.79 Å². The van der Waals surface area contributed by atoms with Crippen molar-refractivity contribution in [3.8, 4) is 0 Å². The van der Waals surface area contributed by atoms with Gasteiger partial charge in [0, 0.05) is 12.1 Å². The number of carbonyl (C=O) groups is 1. The molecule has 4 heteroatoms. The molecular formula is C22H36N2O2. The Morgan fingerprint density at radius 3 is 2.31 bits per heavy atom. The van der Waals surface area contributed by atoms with Crippen molar-refractivity contribution in [1.82, 2.24) is 10.6 Å². The molecule has 0 aliphatic heterocycles. The normalized spacial score (nSPS) is 19.0. The van der Waals surface area contributed by atoms with E-state index in [4.69, 9.17) is 4.74 Å². The SMILES string of the molecule is CCCCCCCCCCNC1CC(NC(=O)OCc2ccccc2)C1. The number of nitrogens with one attached hydrogen (secondary N) is 2. The molecule has 0 heterocycles. The molecule has 1 amide bonds. The summed E-state index contributed by atoms with van der Waals surface area (Å²) in [7, 11) is 0. The van der Waals surface area contributed by atoms with Crippen LogP contribution in [-0.2, 0) is 11.3 Å². The second-order valence-electron chi connectivity index (χ2n) is 7.50. The molecule has 0 unspecified atom stereocenters. The number of carbonyl (C=O) groups excluding carboxylic acids is 1. The summed E-state index contributed by atoms with van der Waals surface area (Å²) in [5, 5.41) is 6.55. The smallest absolute Gasteiger partial charge is 0.407 e. The van der Waals surface area contributed by atoms with E-state index in [0.717, 1.165) is 24.9 Å². The fourth-order valence-corrected chi connectivity index (χ4v) is 3.40. The average Bonchev–Trinajstić information content (AvgIpc) is 2.63. The quantitative estimate of drug-likeness (QED) is 0.477. The van der Waals surface area contributed by atoms with Gasteiger partial charge < -0.3 is 15.4 Å². The number of alkyl carbamates (subject to hydrolysis) is 1.